The number of benzene rings is 1. The number of nitrogens with one attached hydrogen (secondary N) is 1. The molecule has 0 bridgehead atoms. The summed E-state index contributed by atoms with van der Waals surface area (Å²) < 4.78 is 19.0. The molecule has 6 heteroatoms. The molecule has 21 heavy (non-hydrogen) atoms. The van der Waals surface area contributed by atoms with Crippen molar-refractivity contribution in [3.63, 3.8) is 0 Å². The number of nitrogens with zero attached hydrogens (tertiary/aromatic N) is 3. The van der Waals surface area contributed by atoms with Crippen LogP contribution in [0.25, 0.3) is 11.4 Å². The third kappa shape index (κ3) is 3.87. The first-order chi connectivity index (χ1) is 9.99. The smallest absolute Gasteiger partial charge is 0.322 e. The van der Waals surface area contributed by atoms with Crippen molar-refractivity contribution >= 4 is 5.95 Å². The van der Waals surface area contributed by atoms with Gasteiger partial charge in [0.15, 0.2) is 5.82 Å². The number of rotatable bonds is 5. The Morgan fingerprint density at radius 3 is 2.67 bits per heavy atom. The Kier molecular flexibility index (Phi) is 4.67. The van der Waals surface area contributed by atoms with Gasteiger partial charge in [0, 0.05) is 12.1 Å². The van der Waals surface area contributed by atoms with Crippen LogP contribution in [0, 0.1) is 12.7 Å². The Balaban J connectivity index is 2.50. The molecule has 0 aliphatic rings. The Hall–Kier alpha value is -2.24. The zero-order valence-electron chi connectivity index (χ0n) is 12.6. The Morgan fingerprint density at radius 1 is 1.24 bits per heavy atom. The van der Waals surface area contributed by atoms with Gasteiger partial charge in [-0.15, -0.1) is 0 Å². The van der Waals surface area contributed by atoms with Gasteiger partial charge in [-0.3, -0.25) is 0 Å². The van der Waals surface area contributed by atoms with Crippen molar-refractivity contribution in [1.82, 2.24) is 15.0 Å². The topological polar surface area (TPSA) is 59.9 Å². The standard InChI is InChI=1S/C15H19FN4O/c1-5-17-14-18-13(19-15(20-14)21-9(2)3)12-8-11(16)7-6-10(12)4/h6-9H,5H2,1-4H3,(H,17,18,19,20). The minimum absolute atomic E-state index is 0.0525. The number of aromatic nitrogens is 3. The molecule has 1 aromatic heterocycles. The van der Waals surface area contributed by atoms with Crippen LogP contribution in [0.15, 0.2) is 18.2 Å². The Bertz CT molecular complexity index is 631. The molecule has 2 aromatic rings. The normalized spacial score (nSPS) is 10.8. The molecule has 1 aromatic carbocycles. The van der Waals surface area contributed by atoms with Gasteiger partial charge in [0.1, 0.15) is 5.82 Å². The summed E-state index contributed by atoms with van der Waals surface area (Å²) in [4.78, 5) is 12.8. The lowest BCUT2D eigenvalue weighted by atomic mass is 10.1. The first-order valence-corrected chi connectivity index (χ1v) is 6.92. The molecule has 0 spiro atoms. The fourth-order valence-corrected chi connectivity index (χ4v) is 1.81. The van der Waals surface area contributed by atoms with Gasteiger partial charge in [0.25, 0.3) is 0 Å². The SMILES string of the molecule is CCNc1nc(OC(C)C)nc(-c2cc(F)ccc2C)n1. The molecule has 0 atom stereocenters. The predicted molar refractivity (Wildman–Crippen MR) is 79.9 cm³/mol. The van der Waals surface area contributed by atoms with Crippen molar-refractivity contribution in [2.45, 2.75) is 33.8 Å². The zero-order valence-corrected chi connectivity index (χ0v) is 12.6. The lowest BCUT2D eigenvalue weighted by Gasteiger charge is -2.12. The van der Waals surface area contributed by atoms with Crippen LogP contribution in [0.5, 0.6) is 6.01 Å². The van der Waals surface area contributed by atoms with Crippen LogP contribution in [0.4, 0.5) is 10.3 Å². The highest BCUT2D eigenvalue weighted by Gasteiger charge is 2.13. The number of ether oxygens (including phenoxy) is 1. The van der Waals surface area contributed by atoms with E-state index in [9.17, 15) is 4.39 Å². The van der Waals surface area contributed by atoms with E-state index in [1.807, 2.05) is 27.7 Å². The monoisotopic (exact) mass is 290 g/mol. The summed E-state index contributed by atoms with van der Waals surface area (Å²) >= 11 is 0. The average molecular weight is 290 g/mol. The Labute approximate surface area is 123 Å². The summed E-state index contributed by atoms with van der Waals surface area (Å²) in [6.45, 7) is 8.29. The molecular formula is C15H19FN4O. The second kappa shape index (κ2) is 6.47. The van der Waals surface area contributed by atoms with Crippen molar-refractivity contribution < 1.29 is 9.13 Å². The molecule has 0 saturated heterocycles. The quantitative estimate of drug-likeness (QED) is 0.916. The van der Waals surface area contributed by atoms with Crippen molar-refractivity contribution in [1.29, 1.82) is 0 Å². The van der Waals surface area contributed by atoms with Gasteiger partial charge in [0.05, 0.1) is 6.10 Å². The molecule has 1 N–H and O–H groups in total. The van der Waals surface area contributed by atoms with Crippen LogP contribution >= 0.6 is 0 Å². The van der Waals surface area contributed by atoms with Crippen LogP contribution < -0.4 is 10.1 Å². The minimum Gasteiger partial charge on any atom is -0.461 e. The first kappa shape index (κ1) is 15.2. The number of anilines is 1. The van der Waals surface area contributed by atoms with Crippen LogP contribution in [0.1, 0.15) is 26.3 Å². The van der Waals surface area contributed by atoms with Gasteiger partial charge in [-0.25, -0.2) is 4.39 Å². The molecular weight excluding hydrogens is 271 g/mol. The van der Waals surface area contributed by atoms with Crippen molar-refractivity contribution in [2.24, 2.45) is 0 Å². The largest absolute Gasteiger partial charge is 0.461 e. The van der Waals surface area contributed by atoms with E-state index in [1.165, 1.54) is 12.1 Å². The lowest BCUT2D eigenvalue weighted by Crippen LogP contribution is -2.12. The van der Waals surface area contributed by atoms with Crippen LogP contribution in [-0.4, -0.2) is 27.6 Å². The molecule has 0 aliphatic heterocycles. The van der Waals surface area contributed by atoms with Gasteiger partial charge in [-0.2, -0.15) is 15.0 Å². The van der Waals surface area contributed by atoms with E-state index in [1.54, 1.807) is 6.07 Å². The molecule has 0 fully saturated rings. The summed E-state index contributed by atoms with van der Waals surface area (Å²) in [5.74, 6) is 0.489. The van der Waals surface area contributed by atoms with Crippen molar-refractivity contribution in [3.8, 4) is 17.4 Å². The number of hydrogen-bond acceptors (Lipinski definition) is 5. The minimum atomic E-state index is -0.327. The predicted octanol–water partition coefficient (Wildman–Crippen LogP) is 3.21. The summed E-state index contributed by atoms with van der Waals surface area (Å²) in [6.07, 6.45) is -0.0525. The van der Waals surface area contributed by atoms with Gasteiger partial charge in [-0.1, -0.05) is 6.07 Å². The van der Waals surface area contributed by atoms with Gasteiger partial charge >= 0.3 is 6.01 Å². The van der Waals surface area contributed by atoms with Crippen molar-refractivity contribution in [2.75, 3.05) is 11.9 Å². The number of hydrogen-bond donors (Lipinski definition) is 1. The maximum absolute atomic E-state index is 13.5. The molecule has 0 radical (unpaired) electrons. The fourth-order valence-electron chi connectivity index (χ4n) is 1.81. The molecule has 1 heterocycles. The average Bonchev–Trinajstić information content (AvgIpc) is 2.41. The Morgan fingerprint density at radius 2 is 2.00 bits per heavy atom. The third-order valence-electron chi connectivity index (χ3n) is 2.73. The van der Waals surface area contributed by atoms with Crippen LogP contribution in [-0.2, 0) is 0 Å². The van der Waals surface area contributed by atoms with E-state index < -0.39 is 0 Å². The molecule has 5 nitrogen and oxygen atoms in total. The van der Waals surface area contributed by atoms with E-state index in [0.29, 0.717) is 23.9 Å². The second-order valence-corrected chi connectivity index (χ2v) is 4.92. The van der Waals surface area contributed by atoms with E-state index in [0.717, 1.165) is 5.56 Å². The molecule has 0 amide bonds. The number of halogens is 1. The highest BCUT2D eigenvalue weighted by Crippen LogP contribution is 2.23. The van der Waals surface area contributed by atoms with Gasteiger partial charge in [0.2, 0.25) is 5.95 Å². The highest BCUT2D eigenvalue weighted by atomic mass is 19.1. The molecule has 0 unspecified atom stereocenters. The fraction of sp³-hybridized carbons (Fsp3) is 0.400. The van der Waals surface area contributed by atoms with E-state index >= 15 is 0 Å². The second-order valence-electron chi connectivity index (χ2n) is 4.92. The molecule has 2 rings (SSSR count). The zero-order chi connectivity index (χ0) is 15.4. The van der Waals surface area contributed by atoms with Gasteiger partial charge in [-0.05, 0) is 45.4 Å². The van der Waals surface area contributed by atoms with Crippen LogP contribution in [0.3, 0.4) is 0 Å². The van der Waals surface area contributed by atoms with E-state index in [4.69, 9.17) is 4.74 Å². The summed E-state index contributed by atoms with van der Waals surface area (Å²) in [7, 11) is 0. The van der Waals surface area contributed by atoms with Crippen molar-refractivity contribution in [3.05, 3.63) is 29.6 Å². The van der Waals surface area contributed by atoms with Gasteiger partial charge < -0.3 is 10.1 Å². The lowest BCUT2D eigenvalue weighted by molar-refractivity contribution is 0.222. The van der Waals surface area contributed by atoms with E-state index in [-0.39, 0.29) is 17.9 Å². The maximum Gasteiger partial charge on any atom is 0.322 e. The third-order valence-corrected chi connectivity index (χ3v) is 2.73. The summed E-state index contributed by atoms with van der Waals surface area (Å²) in [5.41, 5.74) is 1.52. The summed E-state index contributed by atoms with van der Waals surface area (Å²) in [5, 5.41) is 3.03. The van der Waals surface area contributed by atoms with E-state index in [2.05, 4.69) is 20.3 Å². The molecule has 112 valence electrons. The summed E-state index contributed by atoms with van der Waals surface area (Å²) in [6, 6.07) is 4.76. The van der Waals surface area contributed by atoms with Crippen LogP contribution in [0.2, 0.25) is 0 Å². The first-order valence-electron chi connectivity index (χ1n) is 6.92. The maximum atomic E-state index is 13.5. The number of aryl methyl sites for hydroxylation is 1. The molecule has 0 saturated carbocycles. The molecule has 0 aliphatic carbocycles. The highest BCUT2D eigenvalue weighted by molar-refractivity contribution is 5.61.